The summed E-state index contributed by atoms with van der Waals surface area (Å²) >= 11 is 0. The molecule has 42 heavy (non-hydrogen) atoms. The maximum absolute atomic E-state index is 13.6. The monoisotopic (exact) mass is 584 g/mol. The number of carbonyl (C=O) groups excluding carboxylic acids is 2. The molecule has 10 heteroatoms. The Kier molecular flexibility index (Phi) is 9.72. The molecule has 0 atom stereocenters. The van der Waals surface area contributed by atoms with E-state index in [2.05, 4.69) is 15.8 Å². The highest BCUT2D eigenvalue weighted by atomic mass is 32.2. The number of rotatable bonds is 11. The van der Waals surface area contributed by atoms with E-state index in [-0.39, 0.29) is 17.4 Å². The number of hydrogen-bond donors (Lipinski definition) is 2. The molecule has 0 aromatic heterocycles. The Bertz CT molecular complexity index is 1670. The molecule has 2 N–H and O–H groups in total. The van der Waals surface area contributed by atoms with Crippen LogP contribution in [-0.4, -0.2) is 39.6 Å². The number of amides is 2. The third-order valence-corrected chi connectivity index (χ3v) is 8.17. The van der Waals surface area contributed by atoms with Crippen LogP contribution in [0.1, 0.15) is 22.3 Å². The minimum atomic E-state index is -4.03. The zero-order valence-electron chi connectivity index (χ0n) is 23.6. The Morgan fingerprint density at radius 1 is 0.833 bits per heavy atom. The van der Waals surface area contributed by atoms with Crippen LogP contribution in [0.3, 0.4) is 0 Å². The minimum Gasteiger partial charge on any atom is -0.484 e. The molecule has 0 bridgehead atoms. The molecule has 0 saturated heterocycles. The van der Waals surface area contributed by atoms with Crippen molar-refractivity contribution in [2.75, 3.05) is 22.8 Å². The summed E-state index contributed by atoms with van der Waals surface area (Å²) in [6, 6.07) is 27.6. The fourth-order valence-electron chi connectivity index (χ4n) is 3.90. The number of anilines is 2. The molecule has 0 spiro atoms. The van der Waals surface area contributed by atoms with Crippen LogP contribution in [0.5, 0.6) is 5.75 Å². The van der Waals surface area contributed by atoms with Gasteiger partial charge in [0.15, 0.2) is 6.61 Å². The lowest BCUT2D eigenvalue weighted by molar-refractivity contribution is -0.119. The van der Waals surface area contributed by atoms with Crippen LogP contribution in [0, 0.1) is 20.8 Å². The van der Waals surface area contributed by atoms with Gasteiger partial charge in [-0.3, -0.25) is 13.9 Å². The zero-order valence-corrected chi connectivity index (χ0v) is 24.4. The maximum Gasteiger partial charge on any atom is 0.264 e. The smallest absolute Gasteiger partial charge is 0.264 e. The standard InChI is InChI=1S/C32H32N4O5S/c1-23-9-17-30(18-10-23)42(39,40)36(28-14-11-24(2)25(3)19-28)21-31(37)35-33-20-26-12-15-29(16-13-26)41-22-32(38)34-27-7-5-4-6-8-27/h4-20H,21-22H2,1-3H3,(H,34,38)(H,35,37)/b33-20-. The quantitative estimate of drug-likeness (QED) is 0.191. The van der Waals surface area contributed by atoms with Gasteiger partial charge in [-0.1, -0.05) is 42.0 Å². The van der Waals surface area contributed by atoms with E-state index in [1.54, 1.807) is 60.7 Å². The molecule has 0 radical (unpaired) electrons. The molecule has 4 rings (SSSR count). The fourth-order valence-corrected chi connectivity index (χ4v) is 5.31. The largest absolute Gasteiger partial charge is 0.484 e. The summed E-state index contributed by atoms with van der Waals surface area (Å²) in [6.07, 6.45) is 1.43. The first-order valence-electron chi connectivity index (χ1n) is 13.2. The highest BCUT2D eigenvalue weighted by Crippen LogP contribution is 2.26. The van der Waals surface area contributed by atoms with Crippen LogP contribution in [0.15, 0.2) is 107 Å². The Morgan fingerprint density at radius 3 is 2.19 bits per heavy atom. The number of sulfonamides is 1. The lowest BCUT2D eigenvalue weighted by Crippen LogP contribution is -2.39. The highest BCUT2D eigenvalue weighted by molar-refractivity contribution is 7.92. The van der Waals surface area contributed by atoms with Crippen molar-refractivity contribution in [1.82, 2.24) is 5.43 Å². The number of nitrogens with zero attached hydrogens (tertiary/aromatic N) is 2. The topological polar surface area (TPSA) is 117 Å². The Morgan fingerprint density at radius 2 is 1.52 bits per heavy atom. The number of aryl methyl sites for hydroxylation is 3. The molecule has 0 aliphatic heterocycles. The van der Waals surface area contributed by atoms with E-state index in [0.717, 1.165) is 21.0 Å². The van der Waals surface area contributed by atoms with Crippen molar-refractivity contribution in [1.29, 1.82) is 0 Å². The van der Waals surface area contributed by atoms with Gasteiger partial charge in [0.05, 0.1) is 16.8 Å². The number of ether oxygens (including phenoxy) is 1. The molecule has 0 heterocycles. The summed E-state index contributed by atoms with van der Waals surface area (Å²) in [5.41, 5.74) is 6.97. The van der Waals surface area contributed by atoms with Gasteiger partial charge in [0.2, 0.25) is 0 Å². The van der Waals surface area contributed by atoms with E-state index < -0.39 is 22.5 Å². The van der Waals surface area contributed by atoms with E-state index in [1.807, 2.05) is 45.0 Å². The molecule has 4 aromatic rings. The van der Waals surface area contributed by atoms with Gasteiger partial charge in [0.25, 0.3) is 21.8 Å². The molecule has 0 unspecified atom stereocenters. The normalized spacial score (nSPS) is 11.2. The van der Waals surface area contributed by atoms with E-state index in [9.17, 15) is 18.0 Å². The van der Waals surface area contributed by atoms with E-state index in [4.69, 9.17) is 4.74 Å². The fraction of sp³-hybridized carbons (Fsp3) is 0.156. The van der Waals surface area contributed by atoms with Crippen LogP contribution in [0.2, 0.25) is 0 Å². The number of carbonyl (C=O) groups is 2. The van der Waals surface area contributed by atoms with Crippen LogP contribution < -0.4 is 19.8 Å². The average Bonchev–Trinajstić information content (AvgIpc) is 2.98. The third kappa shape index (κ3) is 8.05. The Hall–Kier alpha value is -4.96. The SMILES string of the molecule is Cc1ccc(S(=O)(=O)N(CC(=O)N/N=C\c2ccc(OCC(=O)Nc3ccccc3)cc2)c2ccc(C)c(C)c2)cc1. The van der Waals surface area contributed by atoms with Crippen molar-refractivity contribution in [3.63, 3.8) is 0 Å². The van der Waals surface area contributed by atoms with Gasteiger partial charge in [0.1, 0.15) is 12.3 Å². The van der Waals surface area contributed by atoms with Crippen LogP contribution in [0.25, 0.3) is 0 Å². The first-order chi connectivity index (χ1) is 20.1. The van der Waals surface area contributed by atoms with Crippen molar-refractivity contribution >= 4 is 39.4 Å². The van der Waals surface area contributed by atoms with Gasteiger partial charge in [-0.25, -0.2) is 13.8 Å². The van der Waals surface area contributed by atoms with Gasteiger partial charge < -0.3 is 10.1 Å². The first-order valence-corrected chi connectivity index (χ1v) is 14.6. The second-order valence-electron chi connectivity index (χ2n) is 9.66. The highest BCUT2D eigenvalue weighted by Gasteiger charge is 2.27. The molecule has 0 fully saturated rings. The van der Waals surface area contributed by atoms with E-state index >= 15 is 0 Å². The van der Waals surface area contributed by atoms with Gasteiger partial charge in [-0.15, -0.1) is 0 Å². The molecule has 0 saturated carbocycles. The first kappa shape index (κ1) is 30.0. The van der Waals surface area contributed by atoms with Gasteiger partial charge >= 0.3 is 0 Å². The van der Waals surface area contributed by atoms with Crippen LogP contribution >= 0.6 is 0 Å². The lowest BCUT2D eigenvalue weighted by Gasteiger charge is -2.24. The molecule has 0 aliphatic rings. The summed E-state index contributed by atoms with van der Waals surface area (Å²) in [7, 11) is -4.03. The number of nitrogens with one attached hydrogen (secondary N) is 2. The van der Waals surface area contributed by atoms with Gasteiger partial charge in [-0.2, -0.15) is 5.10 Å². The summed E-state index contributed by atoms with van der Waals surface area (Å²) in [4.78, 5) is 25.0. The Balaban J connectivity index is 1.37. The van der Waals surface area contributed by atoms with E-state index in [0.29, 0.717) is 22.7 Å². The van der Waals surface area contributed by atoms with Crippen LogP contribution in [-0.2, 0) is 19.6 Å². The van der Waals surface area contributed by atoms with Gasteiger partial charge in [0, 0.05) is 5.69 Å². The third-order valence-electron chi connectivity index (χ3n) is 6.39. The molecule has 216 valence electrons. The van der Waals surface area contributed by atoms with Crippen LogP contribution in [0.4, 0.5) is 11.4 Å². The van der Waals surface area contributed by atoms with Crippen molar-refractivity contribution in [3.05, 3.63) is 119 Å². The minimum absolute atomic E-state index is 0.0856. The number of hydrogen-bond acceptors (Lipinski definition) is 6. The summed E-state index contributed by atoms with van der Waals surface area (Å²) < 4.78 is 33.7. The molecular weight excluding hydrogens is 552 g/mol. The van der Waals surface area contributed by atoms with Crippen molar-refractivity contribution in [2.24, 2.45) is 5.10 Å². The summed E-state index contributed by atoms with van der Waals surface area (Å²) in [6.45, 7) is 5.07. The summed E-state index contributed by atoms with van der Waals surface area (Å²) in [5, 5.41) is 6.73. The number of hydrazone groups is 1. The molecular formula is C32H32N4O5S. The number of para-hydroxylation sites is 1. The Labute approximate surface area is 245 Å². The molecule has 4 aromatic carbocycles. The average molecular weight is 585 g/mol. The van der Waals surface area contributed by atoms with Crippen molar-refractivity contribution < 1.29 is 22.7 Å². The number of benzene rings is 4. The predicted octanol–water partition coefficient (Wildman–Crippen LogP) is 4.97. The zero-order chi connectivity index (χ0) is 30.1. The second kappa shape index (κ2) is 13.6. The molecule has 0 aliphatic carbocycles. The lowest BCUT2D eigenvalue weighted by atomic mass is 10.1. The summed E-state index contributed by atoms with van der Waals surface area (Å²) in [5.74, 6) is -0.400. The maximum atomic E-state index is 13.6. The van der Waals surface area contributed by atoms with Crippen molar-refractivity contribution in [3.8, 4) is 5.75 Å². The van der Waals surface area contributed by atoms with Crippen molar-refractivity contribution in [2.45, 2.75) is 25.7 Å². The van der Waals surface area contributed by atoms with Gasteiger partial charge in [-0.05, 0) is 98.1 Å². The molecule has 2 amide bonds. The van der Waals surface area contributed by atoms with E-state index in [1.165, 1.54) is 18.3 Å². The molecule has 9 nitrogen and oxygen atoms in total. The second-order valence-corrected chi connectivity index (χ2v) is 11.5. The predicted molar refractivity (Wildman–Crippen MR) is 164 cm³/mol.